The molecular formula is C13H19NO2. The first-order valence-corrected chi connectivity index (χ1v) is 6.00. The van der Waals surface area contributed by atoms with E-state index in [9.17, 15) is 5.11 Å². The lowest BCUT2D eigenvalue weighted by atomic mass is 10.0. The van der Waals surface area contributed by atoms with Gasteiger partial charge < -0.3 is 15.2 Å². The molecule has 1 heterocycles. The van der Waals surface area contributed by atoms with Crippen molar-refractivity contribution in [1.82, 2.24) is 5.32 Å². The van der Waals surface area contributed by atoms with Crippen molar-refractivity contribution in [2.24, 2.45) is 0 Å². The molecule has 0 unspecified atom stereocenters. The molecule has 0 aliphatic carbocycles. The van der Waals surface area contributed by atoms with E-state index in [1.807, 2.05) is 12.1 Å². The summed E-state index contributed by atoms with van der Waals surface area (Å²) in [6.07, 6.45) is 3.26. The Morgan fingerprint density at radius 3 is 3.06 bits per heavy atom. The fourth-order valence-electron chi connectivity index (χ4n) is 2.07. The quantitative estimate of drug-likeness (QED) is 0.821. The van der Waals surface area contributed by atoms with Crippen LogP contribution in [-0.4, -0.2) is 18.3 Å². The van der Waals surface area contributed by atoms with E-state index in [-0.39, 0.29) is 6.04 Å². The summed E-state index contributed by atoms with van der Waals surface area (Å²) in [5.74, 6) is 1.21. The van der Waals surface area contributed by atoms with Crippen LogP contribution in [0.1, 0.15) is 37.8 Å². The lowest BCUT2D eigenvalue weighted by Gasteiger charge is -2.14. The number of aromatic hydroxyl groups is 1. The second-order valence-electron chi connectivity index (χ2n) is 4.22. The third kappa shape index (κ3) is 2.47. The zero-order chi connectivity index (χ0) is 11.4. The summed E-state index contributed by atoms with van der Waals surface area (Å²) in [5.41, 5.74) is 0.964. The van der Waals surface area contributed by atoms with Crippen LogP contribution < -0.4 is 10.1 Å². The Hall–Kier alpha value is -1.22. The maximum Gasteiger partial charge on any atom is 0.120 e. The fourth-order valence-corrected chi connectivity index (χ4v) is 2.07. The van der Waals surface area contributed by atoms with E-state index in [1.54, 1.807) is 6.07 Å². The predicted octanol–water partition coefficient (Wildman–Crippen LogP) is 2.61. The zero-order valence-corrected chi connectivity index (χ0v) is 9.70. The molecule has 3 heteroatoms. The van der Waals surface area contributed by atoms with Gasteiger partial charge in [0.05, 0.1) is 6.61 Å². The Morgan fingerprint density at radius 2 is 2.38 bits per heavy atom. The molecule has 1 aliphatic rings. The monoisotopic (exact) mass is 221 g/mol. The second kappa shape index (κ2) is 5.21. The highest BCUT2D eigenvalue weighted by Crippen LogP contribution is 2.32. The Morgan fingerprint density at radius 1 is 1.50 bits per heavy atom. The molecule has 3 nitrogen and oxygen atoms in total. The van der Waals surface area contributed by atoms with Crippen LogP contribution in [0.5, 0.6) is 11.5 Å². The van der Waals surface area contributed by atoms with Gasteiger partial charge in [-0.15, -0.1) is 0 Å². The topological polar surface area (TPSA) is 41.5 Å². The first kappa shape index (κ1) is 11.3. The number of phenols is 1. The molecule has 1 saturated heterocycles. The highest BCUT2D eigenvalue weighted by molar-refractivity contribution is 5.41. The molecule has 1 fully saturated rings. The second-order valence-corrected chi connectivity index (χ2v) is 4.22. The summed E-state index contributed by atoms with van der Waals surface area (Å²) in [6, 6.07) is 5.78. The highest BCUT2D eigenvalue weighted by Gasteiger charge is 2.19. The van der Waals surface area contributed by atoms with Crippen molar-refractivity contribution in [2.45, 2.75) is 32.2 Å². The van der Waals surface area contributed by atoms with Crippen LogP contribution in [0.15, 0.2) is 18.2 Å². The normalized spacial score (nSPS) is 19.9. The van der Waals surface area contributed by atoms with Gasteiger partial charge in [-0.2, -0.15) is 0 Å². The first-order chi connectivity index (χ1) is 7.81. The molecule has 1 aromatic rings. The molecule has 0 radical (unpaired) electrons. The average Bonchev–Trinajstić information content (AvgIpc) is 2.81. The van der Waals surface area contributed by atoms with Crippen molar-refractivity contribution < 1.29 is 9.84 Å². The molecule has 16 heavy (non-hydrogen) atoms. The maximum absolute atomic E-state index is 9.83. The van der Waals surface area contributed by atoms with Gasteiger partial charge in [0.25, 0.3) is 0 Å². The van der Waals surface area contributed by atoms with Crippen molar-refractivity contribution >= 4 is 0 Å². The largest absolute Gasteiger partial charge is 0.508 e. The summed E-state index contributed by atoms with van der Waals surface area (Å²) in [6.45, 7) is 3.84. The molecule has 1 atom stereocenters. The van der Waals surface area contributed by atoms with Crippen LogP contribution in [0, 0.1) is 0 Å². The molecule has 2 N–H and O–H groups in total. The van der Waals surface area contributed by atoms with Crippen LogP contribution in [0.3, 0.4) is 0 Å². The Balaban J connectivity index is 2.15. The number of hydrogen-bond donors (Lipinski definition) is 2. The third-order valence-corrected chi connectivity index (χ3v) is 2.91. The van der Waals surface area contributed by atoms with Crippen LogP contribution >= 0.6 is 0 Å². The van der Waals surface area contributed by atoms with E-state index in [0.717, 1.165) is 37.3 Å². The van der Waals surface area contributed by atoms with Crippen molar-refractivity contribution in [2.75, 3.05) is 13.2 Å². The van der Waals surface area contributed by atoms with E-state index in [0.29, 0.717) is 5.75 Å². The van der Waals surface area contributed by atoms with E-state index in [2.05, 4.69) is 12.2 Å². The number of benzene rings is 1. The van der Waals surface area contributed by atoms with Gasteiger partial charge >= 0.3 is 0 Å². The van der Waals surface area contributed by atoms with Crippen LogP contribution in [-0.2, 0) is 0 Å². The fraction of sp³-hybridized carbons (Fsp3) is 0.538. The molecule has 2 rings (SSSR count). The van der Waals surface area contributed by atoms with E-state index in [1.165, 1.54) is 6.42 Å². The summed E-state index contributed by atoms with van der Waals surface area (Å²) in [7, 11) is 0. The number of hydrogen-bond acceptors (Lipinski definition) is 3. The van der Waals surface area contributed by atoms with Gasteiger partial charge in [0.2, 0.25) is 0 Å². The number of ether oxygens (including phenoxy) is 1. The van der Waals surface area contributed by atoms with E-state index < -0.39 is 0 Å². The number of nitrogens with one attached hydrogen (secondary N) is 1. The summed E-state index contributed by atoms with van der Waals surface area (Å²) >= 11 is 0. The van der Waals surface area contributed by atoms with Crippen molar-refractivity contribution in [3.8, 4) is 11.5 Å². The molecule has 0 saturated carbocycles. The minimum absolute atomic E-state index is 0.283. The molecule has 1 aliphatic heterocycles. The molecule has 1 aromatic carbocycles. The van der Waals surface area contributed by atoms with Crippen molar-refractivity contribution in [3.05, 3.63) is 23.8 Å². The number of phenolic OH excluding ortho intramolecular Hbond substituents is 1. The van der Waals surface area contributed by atoms with E-state index in [4.69, 9.17) is 4.74 Å². The standard InChI is InChI=1S/C13H19NO2/c1-2-8-16-10-5-6-13(15)11(9-10)12-4-3-7-14-12/h5-6,9,12,14-15H,2-4,7-8H2,1H3/t12-/m0/s1. The minimum atomic E-state index is 0.283. The Bertz CT molecular complexity index is 346. The smallest absolute Gasteiger partial charge is 0.120 e. The van der Waals surface area contributed by atoms with Gasteiger partial charge in [-0.1, -0.05) is 6.92 Å². The van der Waals surface area contributed by atoms with Crippen LogP contribution in [0.25, 0.3) is 0 Å². The molecule has 0 bridgehead atoms. The summed E-state index contributed by atoms with van der Waals surface area (Å²) < 4.78 is 5.57. The lowest BCUT2D eigenvalue weighted by Crippen LogP contribution is -2.13. The minimum Gasteiger partial charge on any atom is -0.508 e. The van der Waals surface area contributed by atoms with Gasteiger partial charge in [-0.05, 0) is 44.0 Å². The SMILES string of the molecule is CCCOc1ccc(O)c([C@@H]2CCCN2)c1. The maximum atomic E-state index is 9.83. The van der Waals surface area contributed by atoms with Gasteiger partial charge in [0.15, 0.2) is 0 Å². The number of rotatable bonds is 4. The van der Waals surface area contributed by atoms with E-state index >= 15 is 0 Å². The van der Waals surface area contributed by atoms with Crippen molar-refractivity contribution in [1.29, 1.82) is 0 Å². The molecule has 0 amide bonds. The molecule has 0 spiro atoms. The van der Waals surface area contributed by atoms with Crippen LogP contribution in [0.4, 0.5) is 0 Å². The molecular weight excluding hydrogens is 202 g/mol. The zero-order valence-electron chi connectivity index (χ0n) is 9.70. The Kier molecular flexibility index (Phi) is 3.67. The molecule has 0 aromatic heterocycles. The Labute approximate surface area is 96.4 Å². The predicted molar refractivity (Wildman–Crippen MR) is 63.9 cm³/mol. The summed E-state index contributed by atoms with van der Waals surface area (Å²) in [5, 5.41) is 13.2. The van der Waals surface area contributed by atoms with Crippen molar-refractivity contribution in [3.63, 3.8) is 0 Å². The van der Waals surface area contributed by atoms with Gasteiger partial charge in [-0.25, -0.2) is 0 Å². The first-order valence-electron chi connectivity index (χ1n) is 6.00. The highest BCUT2D eigenvalue weighted by atomic mass is 16.5. The third-order valence-electron chi connectivity index (χ3n) is 2.91. The molecule has 88 valence electrons. The average molecular weight is 221 g/mol. The van der Waals surface area contributed by atoms with Gasteiger partial charge in [0, 0.05) is 11.6 Å². The summed E-state index contributed by atoms with van der Waals surface area (Å²) in [4.78, 5) is 0. The van der Waals surface area contributed by atoms with Gasteiger partial charge in [0.1, 0.15) is 11.5 Å². The lowest BCUT2D eigenvalue weighted by molar-refractivity contribution is 0.316. The van der Waals surface area contributed by atoms with Crippen LogP contribution in [0.2, 0.25) is 0 Å². The van der Waals surface area contributed by atoms with Gasteiger partial charge in [-0.3, -0.25) is 0 Å².